The molecule has 1 amide bonds. The summed E-state index contributed by atoms with van der Waals surface area (Å²) in [5.74, 6) is 1.54. The molecule has 0 saturated heterocycles. The lowest BCUT2D eigenvalue weighted by Gasteiger charge is -2.22. The Balaban J connectivity index is 1.62. The third-order valence-electron chi connectivity index (χ3n) is 4.44. The maximum absolute atomic E-state index is 12.4. The molecular weight excluding hydrogens is 306 g/mol. The van der Waals surface area contributed by atoms with Crippen LogP contribution in [0.1, 0.15) is 43.4 Å². The van der Waals surface area contributed by atoms with Crippen LogP contribution in [-0.4, -0.2) is 26.9 Å². The topological polar surface area (TPSA) is 76.4 Å². The van der Waals surface area contributed by atoms with Gasteiger partial charge in [-0.3, -0.25) is 9.48 Å². The van der Waals surface area contributed by atoms with Crippen molar-refractivity contribution in [1.82, 2.24) is 9.78 Å². The Morgan fingerprint density at radius 2 is 2.25 bits per heavy atom. The number of amides is 1. The lowest BCUT2D eigenvalue weighted by atomic mass is 9.83. The highest BCUT2D eigenvalue weighted by molar-refractivity contribution is 5.93. The van der Waals surface area contributed by atoms with Gasteiger partial charge in [0.1, 0.15) is 11.6 Å². The SMILES string of the molecule is CC(Oc1cccc(CO)c1)C(=O)Nc1cc(C2CCC2)nn1C. The van der Waals surface area contributed by atoms with Crippen molar-refractivity contribution in [3.63, 3.8) is 0 Å². The first-order chi connectivity index (χ1) is 11.6. The first-order valence-electron chi connectivity index (χ1n) is 8.28. The summed E-state index contributed by atoms with van der Waals surface area (Å²) < 4.78 is 7.36. The molecule has 1 aliphatic rings. The predicted octanol–water partition coefficient (Wildman–Crippen LogP) is 2.59. The predicted molar refractivity (Wildman–Crippen MR) is 90.9 cm³/mol. The normalized spacial score (nSPS) is 15.6. The Bertz CT molecular complexity index is 722. The van der Waals surface area contributed by atoms with E-state index in [2.05, 4.69) is 10.4 Å². The van der Waals surface area contributed by atoms with Gasteiger partial charge in [0.2, 0.25) is 0 Å². The van der Waals surface area contributed by atoms with Crippen molar-refractivity contribution in [3.05, 3.63) is 41.6 Å². The van der Waals surface area contributed by atoms with E-state index in [-0.39, 0.29) is 12.5 Å². The minimum Gasteiger partial charge on any atom is -0.481 e. The molecule has 0 aliphatic heterocycles. The quantitative estimate of drug-likeness (QED) is 0.854. The van der Waals surface area contributed by atoms with Crippen LogP contribution in [0, 0.1) is 0 Å². The number of ether oxygens (including phenoxy) is 1. The van der Waals surface area contributed by atoms with E-state index in [9.17, 15) is 4.79 Å². The van der Waals surface area contributed by atoms with Gasteiger partial charge < -0.3 is 15.2 Å². The van der Waals surface area contributed by atoms with Crippen LogP contribution >= 0.6 is 0 Å². The number of carbonyl (C=O) groups excluding carboxylic acids is 1. The second kappa shape index (κ2) is 7.05. The molecule has 1 unspecified atom stereocenters. The highest BCUT2D eigenvalue weighted by Gasteiger charge is 2.24. The zero-order valence-electron chi connectivity index (χ0n) is 14.0. The fourth-order valence-corrected chi connectivity index (χ4v) is 2.71. The number of anilines is 1. The number of aliphatic hydroxyl groups is 1. The average Bonchev–Trinajstić information content (AvgIpc) is 2.86. The summed E-state index contributed by atoms with van der Waals surface area (Å²) in [5, 5.41) is 16.5. The first-order valence-corrected chi connectivity index (χ1v) is 8.28. The Morgan fingerprint density at radius 3 is 2.92 bits per heavy atom. The highest BCUT2D eigenvalue weighted by atomic mass is 16.5. The molecule has 2 aromatic rings. The van der Waals surface area contributed by atoms with Crippen molar-refractivity contribution in [3.8, 4) is 5.75 Å². The number of nitrogens with one attached hydrogen (secondary N) is 1. The van der Waals surface area contributed by atoms with Crippen LogP contribution in [0.3, 0.4) is 0 Å². The lowest BCUT2D eigenvalue weighted by molar-refractivity contribution is -0.122. The Hall–Kier alpha value is -2.34. The summed E-state index contributed by atoms with van der Waals surface area (Å²) in [6, 6.07) is 9.03. The van der Waals surface area contributed by atoms with Gasteiger partial charge in [-0.2, -0.15) is 5.10 Å². The molecule has 0 spiro atoms. The Morgan fingerprint density at radius 1 is 1.46 bits per heavy atom. The smallest absolute Gasteiger partial charge is 0.266 e. The molecule has 1 heterocycles. The molecule has 3 rings (SSSR count). The first kappa shape index (κ1) is 16.5. The summed E-state index contributed by atoms with van der Waals surface area (Å²) in [6.45, 7) is 1.64. The molecule has 128 valence electrons. The standard InChI is InChI=1S/C18H23N3O3/c1-12(24-15-8-3-5-13(9-15)11-22)18(23)19-17-10-16(20-21(17)2)14-6-4-7-14/h3,5,8-10,12,14,22H,4,6-7,11H2,1-2H3,(H,19,23). The van der Waals surface area contributed by atoms with E-state index in [1.165, 1.54) is 19.3 Å². The fourth-order valence-electron chi connectivity index (χ4n) is 2.71. The van der Waals surface area contributed by atoms with E-state index >= 15 is 0 Å². The van der Waals surface area contributed by atoms with Gasteiger partial charge in [-0.15, -0.1) is 0 Å². The molecule has 0 radical (unpaired) electrons. The molecule has 1 aromatic carbocycles. The second-order valence-corrected chi connectivity index (χ2v) is 6.26. The molecule has 2 N–H and O–H groups in total. The van der Waals surface area contributed by atoms with Gasteiger partial charge in [0.05, 0.1) is 12.3 Å². The van der Waals surface area contributed by atoms with Gasteiger partial charge in [0.25, 0.3) is 5.91 Å². The fraction of sp³-hybridized carbons (Fsp3) is 0.444. The average molecular weight is 329 g/mol. The monoisotopic (exact) mass is 329 g/mol. The van der Waals surface area contributed by atoms with Gasteiger partial charge in [-0.1, -0.05) is 18.6 Å². The zero-order chi connectivity index (χ0) is 17.1. The molecule has 1 fully saturated rings. The number of nitrogens with zero attached hydrogens (tertiary/aromatic N) is 2. The van der Waals surface area contributed by atoms with Crippen molar-refractivity contribution < 1.29 is 14.6 Å². The number of aliphatic hydroxyl groups excluding tert-OH is 1. The number of benzene rings is 1. The zero-order valence-corrected chi connectivity index (χ0v) is 14.0. The summed E-state index contributed by atoms with van der Waals surface area (Å²) in [4.78, 5) is 12.4. The molecule has 1 aromatic heterocycles. The Labute approximate surface area is 141 Å². The summed E-state index contributed by atoms with van der Waals surface area (Å²) in [7, 11) is 1.83. The van der Waals surface area contributed by atoms with Crippen LogP contribution in [0.15, 0.2) is 30.3 Å². The number of hydrogen-bond acceptors (Lipinski definition) is 4. The van der Waals surface area contributed by atoms with E-state index in [0.29, 0.717) is 17.5 Å². The summed E-state index contributed by atoms with van der Waals surface area (Å²) in [5.41, 5.74) is 1.79. The van der Waals surface area contributed by atoms with Crippen molar-refractivity contribution in [2.45, 2.75) is 44.8 Å². The summed E-state index contributed by atoms with van der Waals surface area (Å²) >= 11 is 0. The molecule has 6 nitrogen and oxygen atoms in total. The third kappa shape index (κ3) is 3.59. The lowest BCUT2D eigenvalue weighted by Crippen LogP contribution is -2.30. The van der Waals surface area contributed by atoms with E-state index < -0.39 is 6.10 Å². The number of carbonyl (C=O) groups is 1. The van der Waals surface area contributed by atoms with E-state index in [4.69, 9.17) is 9.84 Å². The number of aromatic nitrogens is 2. The van der Waals surface area contributed by atoms with Gasteiger partial charge >= 0.3 is 0 Å². The van der Waals surface area contributed by atoms with Crippen LogP contribution in [0.5, 0.6) is 5.75 Å². The van der Waals surface area contributed by atoms with Crippen LogP contribution in [-0.2, 0) is 18.4 Å². The number of rotatable bonds is 6. The molecular formula is C18H23N3O3. The molecule has 0 bridgehead atoms. The molecule has 1 aliphatic carbocycles. The number of aryl methyl sites for hydroxylation is 1. The molecule has 24 heavy (non-hydrogen) atoms. The van der Waals surface area contributed by atoms with Crippen LogP contribution in [0.4, 0.5) is 5.82 Å². The maximum atomic E-state index is 12.4. The molecule has 1 atom stereocenters. The van der Waals surface area contributed by atoms with E-state index in [1.54, 1.807) is 35.9 Å². The highest BCUT2D eigenvalue weighted by Crippen LogP contribution is 2.36. The van der Waals surface area contributed by atoms with Crippen molar-refractivity contribution in [1.29, 1.82) is 0 Å². The number of hydrogen-bond donors (Lipinski definition) is 2. The van der Waals surface area contributed by atoms with Crippen LogP contribution < -0.4 is 10.1 Å². The van der Waals surface area contributed by atoms with Gasteiger partial charge in [-0.25, -0.2) is 0 Å². The van der Waals surface area contributed by atoms with Crippen molar-refractivity contribution in [2.75, 3.05) is 5.32 Å². The van der Waals surface area contributed by atoms with Crippen molar-refractivity contribution in [2.24, 2.45) is 7.05 Å². The Kier molecular flexibility index (Phi) is 4.85. The van der Waals surface area contributed by atoms with E-state index in [1.807, 2.05) is 13.1 Å². The van der Waals surface area contributed by atoms with Crippen LogP contribution in [0.2, 0.25) is 0 Å². The van der Waals surface area contributed by atoms with E-state index in [0.717, 1.165) is 11.3 Å². The maximum Gasteiger partial charge on any atom is 0.266 e. The van der Waals surface area contributed by atoms with Gasteiger partial charge in [-0.05, 0) is 37.5 Å². The minimum atomic E-state index is -0.652. The molecule has 1 saturated carbocycles. The third-order valence-corrected chi connectivity index (χ3v) is 4.44. The minimum absolute atomic E-state index is 0.0588. The summed E-state index contributed by atoms with van der Waals surface area (Å²) in [6.07, 6.45) is 2.94. The second-order valence-electron chi connectivity index (χ2n) is 6.26. The molecule has 6 heteroatoms. The van der Waals surface area contributed by atoms with Crippen molar-refractivity contribution >= 4 is 11.7 Å². The van der Waals surface area contributed by atoms with Crippen LogP contribution in [0.25, 0.3) is 0 Å². The van der Waals surface area contributed by atoms with Gasteiger partial charge in [0, 0.05) is 19.0 Å². The largest absolute Gasteiger partial charge is 0.481 e. The van der Waals surface area contributed by atoms with Gasteiger partial charge in [0.15, 0.2) is 6.10 Å².